The summed E-state index contributed by atoms with van der Waals surface area (Å²) in [6.45, 7) is 0. The third-order valence-corrected chi connectivity index (χ3v) is 6.36. The van der Waals surface area contributed by atoms with Gasteiger partial charge in [-0.3, -0.25) is 0 Å². The van der Waals surface area contributed by atoms with Crippen LogP contribution in [-0.2, 0) is 19.1 Å². The van der Waals surface area contributed by atoms with Crippen molar-refractivity contribution in [1.29, 1.82) is 0 Å². The molecule has 9 heteroatoms. The molecule has 0 radical (unpaired) electrons. The summed E-state index contributed by atoms with van der Waals surface area (Å²) in [7, 11) is -4.41. The van der Waals surface area contributed by atoms with E-state index in [0.717, 1.165) is 24.8 Å². The summed E-state index contributed by atoms with van der Waals surface area (Å²) in [6.07, 6.45) is 0.946. The van der Waals surface area contributed by atoms with Crippen molar-refractivity contribution in [2.24, 2.45) is 0 Å². The van der Waals surface area contributed by atoms with E-state index in [2.05, 4.69) is 0 Å². The summed E-state index contributed by atoms with van der Waals surface area (Å²) in [6, 6.07) is 10.5. The molecule has 2 aromatic carbocycles. The zero-order chi connectivity index (χ0) is 19.9. The van der Waals surface area contributed by atoms with Gasteiger partial charge in [-0.25, -0.2) is 8.98 Å². The molecule has 0 amide bonds. The van der Waals surface area contributed by atoms with Crippen LogP contribution in [0.2, 0.25) is 5.02 Å². The Balaban J connectivity index is 1.59. The molecule has 1 aliphatic carbocycles. The lowest BCUT2D eigenvalue weighted by atomic mass is 9.97. The van der Waals surface area contributed by atoms with Gasteiger partial charge in [-0.2, -0.15) is 8.42 Å². The van der Waals surface area contributed by atoms with Crippen molar-refractivity contribution >= 4 is 27.7 Å². The van der Waals surface area contributed by atoms with Crippen LogP contribution in [0.3, 0.4) is 0 Å². The minimum atomic E-state index is -4.41. The van der Waals surface area contributed by atoms with Gasteiger partial charge in [0, 0.05) is 16.5 Å². The number of halogens is 1. The normalized spacial score (nSPS) is 21.5. The highest BCUT2D eigenvalue weighted by atomic mass is 35.5. The highest BCUT2D eigenvalue weighted by Gasteiger charge is 2.40. The van der Waals surface area contributed by atoms with Gasteiger partial charge in [0.05, 0.1) is 4.90 Å². The minimum Gasteiger partial charge on any atom is -0.486 e. The van der Waals surface area contributed by atoms with Crippen LogP contribution in [-0.4, -0.2) is 31.9 Å². The van der Waals surface area contributed by atoms with E-state index >= 15 is 0 Å². The van der Waals surface area contributed by atoms with E-state index in [0.29, 0.717) is 5.75 Å². The van der Waals surface area contributed by atoms with Crippen LogP contribution in [0, 0.1) is 0 Å². The van der Waals surface area contributed by atoms with Crippen LogP contribution in [0.25, 0.3) is 0 Å². The monoisotopic (exact) mass is 424 g/mol. The first kappa shape index (κ1) is 19.0. The average Bonchev–Trinajstić information content (AvgIpc) is 3.23. The number of ether oxygens (including phenoxy) is 2. The fraction of sp³-hybridized carbons (Fsp3) is 0.316. The largest absolute Gasteiger partial charge is 0.486 e. The second kappa shape index (κ2) is 7.27. The Morgan fingerprint density at radius 1 is 1.21 bits per heavy atom. The van der Waals surface area contributed by atoms with E-state index in [9.17, 15) is 18.3 Å². The van der Waals surface area contributed by atoms with E-state index in [1.54, 1.807) is 6.07 Å². The van der Waals surface area contributed by atoms with Crippen molar-refractivity contribution in [3.05, 3.63) is 53.1 Å². The lowest BCUT2D eigenvalue weighted by molar-refractivity contribution is -0.158. The maximum absolute atomic E-state index is 12.4. The molecule has 1 fully saturated rings. The first-order chi connectivity index (χ1) is 13.3. The maximum Gasteiger partial charge on any atom is 0.375 e. The van der Waals surface area contributed by atoms with Crippen LogP contribution < -0.4 is 9.47 Å². The van der Waals surface area contributed by atoms with E-state index in [1.165, 1.54) is 30.3 Å². The standard InChI is InChI=1S/C19H17ClO7S/c20-11-4-1-5-12(10-11)28(23,24)27-19(18(21)22)26-16-9-3-7-14-13-6-2-8-15(13)25-17(14)16/h1,3-5,7,9-10,13,15,19H,2,6,8H2,(H,21,22). The van der Waals surface area contributed by atoms with Gasteiger partial charge in [0.1, 0.15) is 6.10 Å². The predicted molar refractivity (Wildman–Crippen MR) is 99.2 cm³/mol. The summed E-state index contributed by atoms with van der Waals surface area (Å²) in [5, 5.41) is 9.61. The smallest absolute Gasteiger partial charge is 0.375 e. The van der Waals surface area contributed by atoms with E-state index in [1.807, 2.05) is 6.07 Å². The van der Waals surface area contributed by atoms with Gasteiger partial charge < -0.3 is 14.6 Å². The molecule has 1 N–H and O–H groups in total. The van der Waals surface area contributed by atoms with Gasteiger partial charge in [-0.1, -0.05) is 29.8 Å². The Kier molecular flexibility index (Phi) is 4.95. The van der Waals surface area contributed by atoms with Gasteiger partial charge in [0.15, 0.2) is 11.5 Å². The topological polar surface area (TPSA) is 99.1 Å². The molecule has 3 atom stereocenters. The van der Waals surface area contributed by atoms with Crippen LogP contribution in [0.1, 0.15) is 30.7 Å². The number of carbonyl (C=O) groups is 1. The lowest BCUT2D eigenvalue weighted by Gasteiger charge is -2.17. The van der Waals surface area contributed by atoms with E-state index in [-0.39, 0.29) is 27.7 Å². The molecule has 1 aliphatic heterocycles. The molecule has 1 heterocycles. The van der Waals surface area contributed by atoms with Crippen molar-refractivity contribution in [3.8, 4) is 11.5 Å². The molecule has 0 bridgehead atoms. The van der Waals surface area contributed by atoms with Crippen molar-refractivity contribution in [1.82, 2.24) is 0 Å². The number of para-hydroxylation sites is 1. The Bertz CT molecular complexity index is 1020. The molecule has 0 spiro atoms. The average molecular weight is 425 g/mol. The molecule has 2 aliphatic rings. The number of carboxylic acids is 1. The van der Waals surface area contributed by atoms with E-state index in [4.69, 9.17) is 25.3 Å². The van der Waals surface area contributed by atoms with Crippen LogP contribution in [0.5, 0.6) is 11.5 Å². The zero-order valence-corrected chi connectivity index (χ0v) is 16.2. The molecule has 4 rings (SSSR count). The van der Waals surface area contributed by atoms with Crippen LogP contribution >= 0.6 is 11.6 Å². The number of rotatable bonds is 6. The summed E-state index contributed by atoms with van der Waals surface area (Å²) in [4.78, 5) is 11.3. The third kappa shape index (κ3) is 3.55. The molecule has 1 saturated carbocycles. The Morgan fingerprint density at radius 3 is 2.75 bits per heavy atom. The highest BCUT2D eigenvalue weighted by molar-refractivity contribution is 7.86. The maximum atomic E-state index is 12.4. The fourth-order valence-electron chi connectivity index (χ4n) is 3.64. The van der Waals surface area contributed by atoms with Crippen molar-refractivity contribution in [2.75, 3.05) is 0 Å². The molecule has 148 valence electrons. The second-order valence-corrected chi connectivity index (χ2v) is 8.67. The van der Waals surface area contributed by atoms with Crippen molar-refractivity contribution in [2.45, 2.75) is 42.5 Å². The quantitative estimate of drug-likeness (QED) is 0.559. The summed E-state index contributed by atoms with van der Waals surface area (Å²) >= 11 is 5.81. The lowest BCUT2D eigenvalue weighted by Crippen LogP contribution is -2.32. The number of fused-ring (bicyclic) bond motifs is 3. The highest BCUT2D eigenvalue weighted by Crippen LogP contribution is 2.50. The van der Waals surface area contributed by atoms with Crippen molar-refractivity contribution < 1.29 is 32.0 Å². The van der Waals surface area contributed by atoms with Gasteiger partial charge in [0.25, 0.3) is 0 Å². The molecule has 0 saturated heterocycles. The number of carboxylic acid groups (broad SMARTS) is 1. The molecule has 28 heavy (non-hydrogen) atoms. The number of aliphatic carboxylic acids is 1. The summed E-state index contributed by atoms with van der Waals surface area (Å²) < 4.78 is 41.0. The SMILES string of the molecule is O=C(O)C(Oc1cccc2c1OC1CCCC21)OS(=O)(=O)c1cccc(Cl)c1. The summed E-state index contributed by atoms with van der Waals surface area (Å²) in [5.74, 6) is -0.743. The van der Waals surface area contributed by atoms with Gasteiger partial charge in [-0.15, -0.1) is 0 Å². The Labute approximate surface area is 166 Å². The van der Waals surface area contributed by atoms with Gasteiger partial charge in [-0.05, 0) is 43.5 Å². The Morgan fingerprint density at radius 2 is 2.00 bits per heavy atom. The first-order valence-corrected chi connectivity index (χ1v) is 10.5. The molecule has 0 aromatic heterocycles. The fourth-order valence-corrected chi connectivity index (χ4v) is 4.87. The first-order valence-electron chi connectivity index (χ1n) is 8.73. The molecular weight excluding hydrogens is 408 g/mol. The molecule has 3 unspecified atom stereocenters. The van der Waals surface area contributed by atoms with Crippen molar-refractivity contribution in [3.63, 3.8) is 0 Å². The second-order valence-electron chi connectivity index (χ2n) is 6.66. The zero-order valence-electron chi connectivity index (χ0n) is 14.6. The third-order valence-electron chi connectivity index (χ3n) is 4.87. The minimum absolute atomic E-state index is 0.0409. The number of benzene rings is 2. The Hall–Kier alpha value is -2.29. The summed E-state index contributed by atoms with van der Waals surface area (Å²) in [5.41, 5.74) is 0.946. The predicted octanol–water partition coefficient (Wildman–Crippen LogP) is 3.56. The molecular formula is C19H17ClO7S. The van der Waals surface area contributed by atoms with Gasteiger partial charge in [0.2, 0.25) is 0 Å². The van der Waals surface area contributed by atoms with Crippen LogP contribution in [0.15, 0.2) is 47.4 Å². The number of hydrogen-bond donors (Lipinski definition) is 1. The number of hydrogen-bond acceptors (Lipinski definition) is 6. The van der Waals surface area contributed by atoms with Crippen LogP contribution in [0.4, 0.5) is 0 Å². The van der Waals surface area contributed by atoms with E-state index < -0.39 is 22.4 Å². The molecule has 7 nitrogen and oxygen atoms in total. The molecule has 2 aromatic rings. The van der Waals surface area contributed by atoms with Gasteiger partial charge >= 0.3 is 22.4 Å².